The van der Waals surface area contributed by atoms with Gasteiger partial charge in [0, 0.05) is 16.5 Å². The van der Waals surface area contributed by atoms with E-state index >= 15 is 0 Å². The molecule has 3 heteroatoms. The first kappa shape index (κ1) is 13.6. The van der Waals surface area contributed by atoms with Gasteiger partial charge >= 0.3 is 5.97 Å². The number of hydrogen-bond acceptors (Lipinski definition) is 3. The molecule has 3 saturated heterocycles. The molecule has 0 N–H and O–H groups in total. The Morgan fingerprint density at radius 1 is 1.10 bits per heavy atom. The second kappa shape index (κ2) is 5.21. The van der Waals surface area contributed by atoms with Crippen LogP contribution in [-0.2, 0) is 20.2 Å². The zero-order chi connectivity index (χ0) is 14.1. The minimum absolute atomic E-state index is 0.0382. The summed E-state index contributed by atoms with van der Waals surface area (Å²) in [7, 11) is 0. The van der Waals surface area contributed by atoms with Gasteiger partial charge in [-0.15, -0.1) is 6.42 Å². The van der Waals surface area contributed by atoms with E-state index < -0.39 is 5.97 Å². The van der Waals surface area contributed by atoms with Crippen molar-refractivity contribution < 1.29 is 14.2 Å². The third kappa shape index (κ3) is 2.25. The van der Waals surface area contributed by atoms with E-state index in [2.05, 4.69) is 12.8 Å². The smallest absolute Gasteiger partial charge is 0.312 e. The van der Waals surface area contributed by atoms with E-state index in [1.807, 2.05) is 24.3 Å². The Morgan fingerprint density at radius 3 is 2.20 bits per heavy atom. The monoisotopic (exact) mass is 272 g/mol. The lowest BCUT2D eigenvalue weighted by atomic mass is 9.83. The third-order valence-electron chi connectivity index (χ3n) is 4.17. The van der Waals surface area contributed by atoms with Crippen molar-refractivity contribution in [1.82, 2.24) is 0 Å². The Balaban J connectivity index is 1.75. The average Bonchev–Trinajstić information content (AvgIpc) is 2.55. The van der Waals surface area contributed by atoms with Crippen LogP contribution in [0.4, 0.5) is 0 Å². The molecule has 3 heterocycles. The summed E-state index contributed by atoms with van der Waals surface area (Å²) < 4.78 is 17.8. The maximum absolute atomic E-state index is 5.93. The summed E-state index contributed by atoms with van der Waals surface area (Å²) in [5.74, 6) is 1.58. The Kier molecular flexibility index (Phi) is 3.55. The van der Waals surface area contributed by atoms with Gasteiger partial charge in [0.25, 0.3) is 0 Å². The molecule has 2 bridgehead atoms. The second-order valence-corrected chi connectivity index (χ2v) is 5.75. The fourth-order valence-corrected chi connectivity index (χ4v) is 2.78. The first-order valence-electron chi connectivity index (χ1n) is 7.21. The number of fused-ring (bicyclic) bond motifs is 3. The normalized spacial score (nSPS) is 32.0. The zero-order valence-electron chi connectivity index (χ0n) is 11.9. The number of rotatable bonds is 4. The first-order chi connectivity index (χ1) is 9.72. The molecule has 0 atom stereocenters. The van der Waals surface area contributed by atoms with E-state index in [9.17, 15) is 0 Å². The van der Waals surface area contributed by atoms with Crippen molar-refractivity contribution in [3.8, 4) is 12.3 Å². The maximum atomic E-state index is 5.93. The minimum Gasteiger partial charge on any atom is -0.323 e. The van der Waals surface area contributed by atoms with Gasteiger partial charge < -0.3 is 14.2 Å². The molecule has 20 heavy (non-hydrogen) atoms. The van der Waals surface area contributed by atoms with Gasteiger partial charge in [0.2, 0.25) is 0 Å². The molecule has 0 saturated carbocycles. The molecule has 3 aliphatic rings. The highest BCUT2D eigenvalue weighted by atomic mass is 16.9. The Morgan fingerprint density at radius 2 is 1.70 bits per heavy atom. The van der Waals surface area contributed by atoms with Crippen LogP contribution in [0.5, 0.6) is 0 Å². The summed E-state index contributed by atoms with van der Waals surface area (Å²) in [6, 6.07) is 7.60. The van der Waals surface area contributed by atoms with Gasteiger partial charge in [-0.25, -0.2) is 0 Å². The molecular formula is C17H20O3. The number of benzene rings is 1. The lowest BCUT2D eigenvalue weighted by Crippen LogP contribution is -2.58. The van der Waals surface area contributed by atoms with Gasteiger partial charge in [-0.05, 0) is 30.7 Å². The molecule has 3 fully saturated rings. The molecule has 3 nitrogen and oxygen atoms in total. The van der Waals surface area contributed by atoms with Crippen LogP contribution in [0, 0.1) is 17.8 Å². The highest BCUT2D eigenvalue weighted by Crippen LogP contribution is 2.46. The number of hydrogen-bond donors (Lipinski definition) is 0. The van der Waals surface area contributed by atoms with E-state index in [4.69, 9.17) is 20.6 Å². The summed E-state index contributed by atoms with van der Waals surface area (Å²) in [5.41, 5.74) is 1.76. The number of unbranched alkanes of at least 4 members (excludes halogenated alkanes) is 1. The van der Waals surface area contributed by atoms with Crippen molar-refractivity contribution in [3.05, 3.63) is 35.4 Å². The molecule has 106 valence electrons. The number of ether oxygens (including phenoxy) is 3. The van der Waals surface area contributed by atoms with E-state index in [1.165, 1.54) is 12.8 Å². The van der Waals surface area contributed by atoms with Crippen LogP contribution in [0.3, 0.4) is 0 Å². The van der Waals surface area contributed by atoms with Crippen LogP contribution in [-0.4, -0.2) is 19.8 Å². The third-order valence-corrected chi connectivity index (χ3v) is 4.17. The summed E-state index contributed by atoms with van der Waals surface area (Å²) in [4.78, 5) is 0. The molecule has 0 aliphatic carbocycles. The van der Waals surface area contributed by atoms with Crippen LogP contribution >= 0.6 is 0 Å². The largest absolute Gasteiger partial charge is 0.323 e. The molecule has 0 radical (unpaired) electrons. The highest BCUT2D eigenvalue weighted by molar-refractivity contribution is 5.35. The van der Waals surface area contributed by atoms with Crippen molar-refractivity contribution in [2.45, 2.75) is 32.2 Å². The Hall–Kier alpha value is -1.34. The standard InChI is InChI=1S/C17H20O3/c1-3-5-10-16-11-18-17(19-12-16,20-13-16)15-8-6-14(4-2)7-9-15/h2,6-9H,3,5,10-13H2,1H3. The van der Waals surface area contributed by atoms with Gasteiger partial charge in [0.15, 0.2) is 0 Å². The van der Waals surface area contributed by atoms with Crippen molar-refractivity contribution in [1.29, 1.82) is 0 Å². The summed E-state index contributed by atoms with van der Waals surface area (Å²) in [6.45, 7) is 4.29. The molecule has 0 unspecified atom stereocenters. The van der Waals surface area contributed by atoms with E-state index in [0.29, 0.717) is 19.8 Å². The molecule has 4 rings (SSSR count). The SMILES string of the molecule is C#Cc1ccc(C23OCC(CCCC)(CO2)CO3)cc1. The predicted molar refractivity (Wildman–Crippen MR) is 75.9 cm³/mol. The molecule has 0 amide bonds. The fraction of sp³-hybridized carbons (Fsp3) is 0.529. The molecular weight excluding hydrogens is 252 g/mol. The Labute approximate surface area is 120 Å². The highest BCUT2D eigenvalue weighted by Gasteiger charge is 2.53. The van der Waals surface area contributed by atoms with Crippen LogP contribution < -0.4 is 0 Å². The van der Waals surface area contributed by atoms with Crippen molar-refractivity contribution in [2.24, 2.45) is 5.41 Å². The quantitative estimate of drug-likeness (QED) is 0.789. The van der Waals surface area contributed by atoms with Crippen LogP contribution in [0.25, 0.3) is 0 Å². The van der Waals surface area contributed by atoms with Gasteiger partial charge in [-0.3, -0.25) is 0 Å². The fourth-order valence-electron chi connectivity index (χ4n) is 2.78. The van der Waals surface area contributed by atoms with Crippen LogP contribution in [0.1, 0.15) is 37.3 Å². The number of terminal acetylenes is 1. The van der Waals surface area contributed by atoms with Gasteiger partial charge in [-0.1, -0.05) is 25.7 Å². The van der Waals surface area contributed by atoms with Crippen LogP contribution in [0.2, 0.25) is 0 Å². The minimum atomic E-state index is -1.03. The van der Waals surface area contributed by atoms with Crippen LogP contribution in [0.15, 0.2) is 24.3 Å². The van der Waals surface area contributed by atoms with Crippen molar-refractivity contribution in [2.75, 3.05) is 19.8 Å². The zero-order valence-corrected chi connectivity index (χ0v) is 11.9. The van der Waals surface area contributed by atoms with Crippen molar-refractivity contribution in [3.63, 3.8) is 0 Å². The predicted octanol–water partition coefficient (Wildman–Crippen LogP) is 3.03. The van der Waals surface area contributed by atoms with E-state index in [0.717, 1.165) is 17.5 Å². The summed E-state index contributed by atoms with van der Waals surface area (Å²) in [6.07, 6.45) is 8.83. The first-order valence-corrected chi connectivity index (χ1v) is 7.21. The Bertz CT molecular complexity index is 488. The van der Waals surface area contributed by atoms with E-state index in [-0.39, 0.29) is 5.41 Å². The van der Waals surface area contributed by atoms with Crippen molar-refractivity contribution >= 4 is 0 Å². The van der Waals surface area contributed by atoms with Gasteiger partial charge in [-0.2, -0.15) is 0 Å². The molecule has 0 aromatic heterocycles. The second-order valence-electron chi connectivity index (χ2n) is 5.75. The molecule has 3 aliphatic heterocycles. The average molecular weight is 272 g/mol. The van der Waals surface area contributed by atoms with Gasteiger partial charge in [0.1, 0.15) is 0 Å². The lowest BCUT2D eigenvalue weighted by Gasteiger charge is -2.52. The maximum Gasteiger partial charge on any atom is 0.312 e. The summed E-state index contributed by atoms with van der Waals surface area (Å²) in [5, 5.41) is 0. The van der Waals surface area contributed by atoms with E-state index in [1.54, 1.807) is 0 Å². The molecule has 1 aromatic rings. The summed E-state index contributed by atoms with van der Waals surface area (Å²) >= 11 is 0. The lowest BCUT2D eigenvalue weighted by molar-refractivity contribution is -0.480. The molecule has 1 aromatic carbocycles. The molecule has 0 spiro atoms. The topological polar surface area (TPSA) is 27.7 Å². The van der Waals surface area contributed by atoms with Gasteiger partial charge in [0.05, 0.1) is 19.8 Å².